The standard InChI is InChI=1S/C20H25N3O3/c1-14-4-3-5-16(21-14)13-26-18-10-17-11-23(8-7-22(17)12-18)20(24)19-6-9-25-15(19)2/h3-6,9,17-18H,7-8,10-13H2,1-2H3/t17-,18+/m0/s1. The van der Waals surface area contributed by atoms with Gasteiger partial charge in [0.05, 0.1) is 30.2 Å². The molecule has 0 aromatic carbocycles. The van der Waals surface area contributed by atoms with Gasteiger partial charge < -0.3 is 14.1 Å². The molecule has 2 fully saturated rings. The van der Waals surface area contributed by atoms with E-state index in [1.54, 1.807) is 12.3 Å². The van der Waals surface area contributed by atoms with Gasteiger partial charge in [0.25, 0.3) is 5.91 Å². The second-order valence-corrected chi connectivity index (χ2v) is 7.23. The van der Waals surface area contributed by atoms with Crippen molar-refractivity contribution in [1.82, 2.24) is 14.8 Å². The highest BCUT2D eigenvalue weighted by Gasteiger charge is 2.38. The third-order valence-electron chi connectivity index (χ3n) is 5.37. The van der Waals surface area contributed by atoms with E-state index < -0.39 is 0 Å². The van der Waals surface area contributed by atoms with Crippen molar-refractivity contribution in [2.24, 2.45) is 0 Å². The van der Waals surface area contributed by atoms with E-state index in [-0.39, 0.29) is 12.0 Å². The minimum absolute atomic E-state index is 0.0734. The fourth-order valence-corrected chi connectivity index (χ4v) is 3.96. The van der Waals surface area contributed by atoms with Crippen molar-refractivity contribution in [1.29, 1.82) is 0 Å². The number of amides is 1. The lowest BCUT2D eigenvalue weighted by atomic mass is 10.1. The molecule has 2 aliphatic heterocycles. The van der Waals surface area contributed by atoms with E-state index in [4.69, 9.17) is 9.15 Å². The second-order valence-electron chi connectivity index (χ2n) is 7.23. The van der Waals surface area contributed by atoms with E-state index >= 15 is 0 Å². The molecule has 4 rings (SSSR count). The van der Waals surface area contributed by atoms with E-state index in [1.807, 2.05) is 36.9 Å². The van der Waals surface area contributed by atoms with Crippen LogP contribution in [0.5, 0.6) is 0 Å². The van der Waals surface area contributed by atoms with Gasteiger partial charge >= 0.3 is 0 Å². The van der Waals surface area contributed by atoms with Crippen LogP contribution in [0, 0.1) is 13.8 Å². The molecule has 0 spiro atoms. The highest BCUT2D eigenvalue weighted by Crippen LogP contribution is 2.26. The molecule has 26 heavy (non-hydrogen) atoms. The van der Waals surface area contributed by atoms with Crippen LogP contribution in [0.4, 0.5) is 0 Å². The van der Waals surface area contributed by atoms with E-state index in [0.29, 0.717) is 24.0 Å². The summed E-state index contributed by atoms with van der Waals surface area (Å²) in [5.41, 5.74) is 2.66. The SMILES string of the molecule is Cc1cccc(CO[C@@H]2C[C@H]3CN(C(=O)c4ccoc4C)CCN3C2)n1. The first-order chi connectivity index (χ1) is 12.6. The number of pyridine rings is 1. The Hall–Kier alpha value is -2.18. The fourth-order valence-electron chi connectivity index (χ4n) is 3.96. The Labute approximate surface area is 153 Å². The minimum atomic E-state index is 0.0734. The smallest absolute Gasteiger partial charge is 0.257 e. The quantitative estimate of drug-likeness (QED) is 0.843. The van der Waals surface area contributed by atoms with Crippen molar-refractivity contribution in [3.05, 3.63) is 53.2 Å². The monoisotopic (exact) mass is 355 g/mol. The van der Waals surface area contributed by atoms with Gasteiger partial charge in [-0.2, -0.15) is 0 Å². The van der Waals surface area contributed by atoms with Gasteiger partial charge in [-0.05, 0) is 38.5 Å². The summed E-state index contributed by atoms with van der Waals surface area (Å²) in [6.07, 6.45) is 2.74. The molecule has 2 aromatic heterocycles. The van der Waals surface area contributed by atoms with Gasteiger partial charge in [0.1, 0.15) is 5.76 Å². The molecule has 0 saturated carbocycles. The maximum atomic E-state index is 12.7. The lowest BCUT2D eigenvalue weighted by molar-refractivity contribution is 0.0434. The number of rotatable bonds is 4. The summed E-state index contributed by atoms with van der Waals surface area (Å²) in [6.45, 7) is 7.72. The molecule has 6 nitrogen and oxygen atoms in total. The van der Waals surface area contributed by atoms with Crippen molar-refractivity contribution >= 4 is 5.91 Å². The van der Waals surface area contributed by atoms with Crippen LogP contribution in [-0.4, -0.2) is 59.0 Å². The number of nitrogens with zero attached hydrogens (tertiary/aromatic N) is 3. The Morgan fingerprint density at radius 1 is 1.27 bits per heavy atom. The summed E-state index contributed by atoms with van der Waals surface area (Å²) in [5.74, 6) is 0.764. The Morgan fingerprint density at radius 2 is 2.15 bits per heavy atom. The van der Waals surface area contributed by atoms with Gasteiger partial charge in [0, 0.05) is 37.9 Å². The number of piperazine rings is 1. The van der Waals surface area contributed by atoms with Crippen LogP contribution in [0.25, 0.3) is 0 Å². The predicted molar refractivity (Wildman–Crippen MR) is 96.9 cm³/mol. The Morgan fingerprint density at radius 3 is 2.92 bits per heavy atom. The Bertz CT molecular complexity index is 788. The number of aryl methyl sites for hydroxylation is 2. The van der Waals surface area contributed by atoms with Crippen LogP contribution in [0.3, 0.4) is 0 Å². The van der Waals surface area contributed by atoms with Gasteiger partial charge in [-0.1, -0.05) is 6.07 Å². The molecule has 2 saturated heterocycles. The largest absolute Gasteiger partial charge is 0.469 e. The Balaban J connectivity index is 1.33. The normalized spacial score (nSPS) is 23.2. The van der Waals surface area contributed by atoms with E-state index in [0.717, 1.165) is 44.0 Å². The van der Waals surface area contributed by atoms with Crippen molar-refractivity contribution in [3.8, 4) is 0 Å². The van der Waals surface area contributed by atoms with E-state index in [9.17, 15) is 4.79 Å². The summed E-state index contributed by atoms with van der Waals surface area (Å²) in [4.78, 5) is 21.6. The molecule has 2 aliphatic rings. The van der Waals surface area contributed by atoms with Crippen LogP contribution in [0.15, 0.2) is 34.9 Å². The first-order valence-electron chi connectivity index (χ1n) is 9.21. The van der Waals surface area contributed by atoms with Crippen molar-refractivity contribution < 1.29 is 13.9 Å². The van der Waals surface area contributed by atoms with Crippen molar-refractivity contribution in [2.75, 3.05) is 26.2 Å². The maximum Gasteiger partial charge on any atom is 0.257 e. The molecule has 0 N–H and O–H groups in total. The summed E-state index contributed by atoms with van der Waals surface area (Å²) in [6, 6.07) is 8.14. The molecular formula is C20H25N3O3. The van der Waals surface area contributed by atoms with Crippen LogP contribution in [0.1, 0.15) is 33.9 Å². The zero-order valence-electron chi connectivity index (χ0n) is 15.4. The predicted octanol–water partition coefficient (Wildman–Crippen LogP) is 2.41. The number of hydrogen-bond donors (Lipinski definition) is 0. The number of ether oxygens (including phenoxy) is 1. The van der Waals surface area contributed by atoms with Crippen LogP contribution < -0.4 is 0 Å². The molecule has 138 valence electrons. The lowest BCUT2D eigenvalue weighted by Gasteiger charge is -2.37. The van der Waals surface area contributed by atoms with Gasteiger partial charge in [0.15, 0.2) is 0 Å². The summed E-state index contributed by atoms with van der Waals surface area (Å²) in [5, 5.41) is 0. The molecule has 2 aromatic rings. The molecule has 0 bridgehead atoms. The third kappa shape index (κ3) is 3.52. The highest BCUT2D eigenvalue weighted by atomic mass is 16.5. The molecule has 2 atom stereocenters. The molecule has 0 radical (unpaired) electrons. The highest BCUT2D eigenvalue weighted by molar-refractivity contribution is 5.95. The fraction of sp³-hybridized carbons (Fsp3) is 0.500. The molecular weight excluding hydrogens is 330 g/mol. The number of fused-ring (bicyclic) bond motifs is 1. The van der Waals surface area contributed by atoms with Gasteiger partial charge in [0.2, 0.25) is 0 Å². The summed E-state index contributed by atoms with van der Waals surface area (Å²) >= 11 is 0. The number of hydrogen-bond acceptors (Lipinski definition) is 5. The first kappa shape index (κ1) is 17.2. The first-order valence-corrected chi connectivity index (χ1v) is 9.21. The summed E-state index contributed by atoms with van der Waals surface area (Å²) in [7, 11) is 0. The van der Waals surface area contributed by atoms with E-state index in [1.165, 1.54) is 0 Å². The average molecular weight is 355 g/mol. The lowest BCUT2D eigenvalue weighted by Crippen LogP contribution is -2.52. The van der Waals surface area contributed by atoms with Gasteiger partial charge in [-0.15, -0.1) is 0 Å². The number of carbonyl (C=O) groups is 1. The van der Waals surface area contributed by atoms with Crippen LogP contribution in [0.2, 0.25) is 0 Å². The Kier molecular flexibility index (Phi) is 4.78. The number of aromatic nitrogens is 1. The topological polar surface area (TPSA) is 58.8 Å². The second kappa shape index (κ2) is 7.21. The summed E-state index contributed by atoms with van der Waals surface area (Å²) < 4.78 is 11.4. The number of carbonyl (C=O) groups excluding carboxylic acids is 1. The molecule has 4 heterocycles. The third-order valence-corrected chi connectivity index (χ3v) is 5.37. The molecule has 0 unspecified atom stereocenters. The maximum absolute atomic E-state index is 12.7. The minimum Gasteiger partial charge on any atom is -0.469 e. The average Bonchev–Trinajstić information content (AvgIpc) is 3.24. The number of furan rings is 1. The van der Waals surface area contributed by atoms with Crippen molar-refractivity contribution in [3.63, 3.8) is 0 Å². The van der Waals surface area contributed by atoms with Gasteiger partial charge in [-0.25, -0.2) is 0 Å². The molecule has 1 amide bonds. The molecule has 6 heteroatoms. The van der Waals surface area contributed by atoms with Gasteiger partial charge in [-0.3, -0.25) is 14.7 Å². The van der Waals surface area contributed by atoms with Crippen LogP contribution in [-0.2, 0) is 11.3 Å². The molecule has 0 aliphatic carbocycles. The zero-order chi connectivity index (χ0) is 18.1. The van der Waals surface area contributed by atoms with E-state index in [2.05, 4.69) is 9.88 Å². The van der Waals surface area contributed by atoms with Crippen molar-refractivity contribution in [2.45, 2.75) is 39.0 Å². The zero-order valence-corrected chi connectivity index (χ0v) is 15.4. The van der Waals surface area contributed by atoms with Crippen LogP contribution >= 0.6 is 0 Å².